The summed E-state index contributed by atoms with van der Waals surface area (Å²) in [7, 11) is 0. The molecule has 0 bridgehead atoms. The first-order chi connectivity index (χ1) is 9.61. The van der Waals surface area contributed by atoms with E-state index in [1.807, 2.05) is 11.8 Å². The first-order valence-electron chi connectivity index (χ1n) is 7.37. The molecule has 0 saturated heterocycles. The van der Waals surface area contributed by atoms with Gasteiger partial charge in [-0.15, -0.1) is 0 Å². The van der Waals surface area contributed by atoms with Crippen LogP contribution in [-0.4, -0.2) is 23.4 Å². The Bertz CT molecular complexity index is 442. The summed E-state index contributed by atoms with van der Waals surface area (Å²) < 4.78 is 12.9. The number of hydrogen-bond acceptors (Lipinski definition) is 2. The van der Waals surface area contributed by atoms with E-state index in [1.165, 1.54) is 12.1 Å². The zero-order chi connectivity index (χ0) is 14.5. The van der Waals surface area contributed by atoms with Crippen molar-refractivity contribution in [2.24, 2.45) is 11.7 Å². The van der Waals surface area contributed by atoms with Crippen molar-refractivity contribution < 1.29 is 9.18 Å². The van der Waals surface area contributed by atoms with Gasteiger partial charge in [-0.25, -0.2) is 4.39 Å². The van der Waals surface area contributed by atoms with Crippen molar-refractivity contribution in [1.82, 2.24) is 4.90 Å². The largest absolute Gasteiger partial charge is 0.335 e. The van der Waals surface area contributed by atoms with Gasteiger partial charge in [-0.2, -0.15) is 0 Å². The van der Waals surface area contributed by atoms with Gasteiger partial charge in [0.2, 0.25) is 5.91 Å². The molecule has 1 aliphatic rings. The number of nitrogens with zero attached hydrogens (tertiary/aromatic N) is 1. The van der Waals surface area contributed by atoms with Crippen molar-refractivity contribution in [3.8, 4) is 0 Å². The topological polar surface area (TPSA) is 46.3 Å². The maximum absolute atomic E-state index is 12.9. The molecule has 0 heterocycles. The van der Waals surface area contributed by atoms with Gasteiger partial charge >= 0.3 is 0 Å². The summed E-state index contributed by atoms with van der Waals surface area (Å²) in [6, 6.07) is 6.77. The molecule has 2 rings (SSSR count). The van der Waals surface area contributed by atoms with Gasteiger partial charge in [0.05, 0.1) is 0 Å². The number of carbonyl (C=O) groups is 1. The van der Waals surface area contributed by atoms with Crippen molar-refractivity contribution in [2.45, 2.75) is 45.2 Å². The maximum atomic E-state index is 12.9. The molecule has 1 amide bonds. The lowest BCUT2D eigenvalue weighted by atomic mass is 10.0. The molecule has 1 saturated carbocycles. The number of benzene rings is 1. The van der Waals surface area contributed by atoms with Crippen LogP contribution in [0.1, 0.15) is 38.2 Å². The van der Waals surface area contributed by atoms with E-state index in [0.717, 1.165) is 31.2 Å². The molecule has 3 nitrogen and oxygen atoms in total. The predicted molar refractivity (Wildman–Crippen MR) is 77.4 cm³/mol. The summed E-state index contributed by atoms with van der Waals surface area (Å²) in [5, 5.41) is 0. The average Bonchev–Trinajstić information content (AvgIpc) is 3.28. The molecule has 20 heavy (non-hydrogen) atoms. The zero-order valence-electron chi connectivity index (χ0n) is 12.0. The van der Waals surface area contributed by atoms with Crippen molar-refractivity contribution in [3.63, 3.8) is 0 Å². The molecule has 1 fully saturated rings. The van der Waals surface area contributed by atoms with Crippen LogP contribution in [0.4, 0.5) is 4.39 Å². The van der Waals surface area contributed by atoms with Crippen molar-refractivity contribution in [3.05, 3.63) is 35.6 Å². The van der Waals surface area contributed by atoms with Gasteiger partial charge in [0.1, 0.15) is 5.82 Å². The lowest BCUT2D eigenvalue weighted by molar-refractivity contribution is -0.136. The molecular weight excluding hydrogens is 255 g/mol. The molecule has 1 atom stereocenters. The fourth-order valence-corrected chi connectivity index (χ4v) is 2.39. The van der Waals surface area contributed by atoms with E-state index in [1.54, 1.807) is 12.1 Å². The van der Waals surface area contributed by atoms with Crippen LogP contribution in [0.2, 0.25) is 0 Å². The second kappa shape index (κ2) is 6.84. The Labute approximate surface area is 120 Å². The Hall–Kier alpha value is -1.42. The molecule has 1 unspecified atom stereocenters. The average molecular weight is 278 g/mol. The highest BCUT2D eigenvalue weighted by molar-refractivity contribution is 5.79. The normalized spacial score (nSPS) is 15.9. The Morgan fingerprint density at radius 1 is 1.40 bits per heavy atom. The second-order valence-corrected chi connectivity index (χ2v) is 5.66. The summed E-state index contributed by atoms with van der Waals surface area (Å²) in [4.78, 5) is 14.5. The van der Waals surface area contributed by atoms with E-state index in [0.29, 0.717) is 19.1 Å². The fourth-order valence-electron chi connectivity index (χ4n) is 2.39. The molecule has 1 aromatic rings. The van der Waals surface area contributed by atoms with Crippen LogP contribution in [0.3, 0.4) is 0 Å². The van der Waals surface area contributed by atoms with Gasteiger partial charge in [-0.1, -0.05) is 19.1 Å². The third kappa shape index (κ3) is 4.04. The van der Waals surface area contributed by atoms with Crippen LogP contribution in [0.15, 0.2) is 24.3 Å². The van der Waals surface area contributed by atoms with E-state index in [2.05, 4.69) is 0 Å². The van der Waals surface area contributed by atoms with Gasteiger partial charge in [0.25, 0.3) is 0 Å². The molecule has 0 spiro atoms. The van der Waals surface area contributed by atoms with Gasteiger partial charge in [-0.3, -0.25) is 4.79 Å². The molecule has 110 valence electrons. The minimum Gasteiger partial charge on any atom is -0.335 e. The van der Waals surface area contributed by atoms with Crippen molar-refractivity contribution in [2.75, 3.05) is 6.54 Å². The molecule has 1 aliphatic carbocycles. The summed E-state index contributed by atoms with van der Waals surface area (Å²) in [5.74, 6) is -0.0285. The lowest BCUT2D eigenvalue weighted by Gasteiger charge is -2.26. The summed E-state index contributed by atoms with van der Waals surface area (Å²) >= 11 is 0. The highest BCUT2D eigenvalue weighted by atomic mass is 19.1. The Kier molecular flexibility index (Phi) is 5.12. The lowest BCUT2D eigenvalue weighted by Crippen LogP contribution is -2.36. The van der Waals surface area contributed by atoms with Crippen LogP contribution in [-0.2, 0) is 11.3 Å². The summed E-state index contributed by atoms with van der Waals surface area (Å²) in [6.07, 6.45) is 3.87. The van der Waals surface area contributed by atoms with E-state index < -0.39 is 0 Å². The van der Waals surface area contributed by atoms with Gasteiger partial charge in [0, 0.05) is 18.5 Å². The Morgan fingerprint density at radius 2 is 2.05 bits per heavy atom. The third-order valence-corrected chi connectivity index (χ3v) is 3.80. The quantitative estimate of drug-likeness (QED) is 0.833. The van der Waals surface area contributed by atoms with E-state index >= 15 is 0 Å². The maximum Gasteiger partial charge on any atom is 0.225 e. The number of hydrogen-bond donors (Lipinski definition) is 1. The Balaban J connectivity index is 1.99. The van der Waals surface area contributed by atoms with Crippen molar-refractivity contribution in [1.29, 1.82) is 0 Å². The Morgan fingerprint density at radius 3 is 2.60 bits per heavy atom. The van der Waals surface area contributed by atoms with Crippen molar-refractivity contribution >= 4 is 5.91 Å². The van der Waals surface area contributed by atoms with Crippen LogP contribution < -0.4 is 5.73 Å². The van der Waals surface area contributed by atoms with Crippen LogP contribution in [0.25, 0.3) is 0 Å². The summed E-state index contributed by atoms with van der Waals surface area (Å²) in [5.41, 5.74) is 6.49. The minimum absolute atomic E-state index is 0.0135. The van der Waals surface area contributed by atoms with E-state index in [-0.39, 0.29) is 17.6 Å². The second-order valence-electron chi connectivity index (χ2n) is 5.66. The molecule has 4 heteroatoms. The predicted octanol–water partition coefficient (Wildman–Crippen LogP) is 2.69. The molecule has 0 radical (unpaired) electrons. The van der Waals surface area contributed by atoms with Gasteiger partial charge in [-0.05, 0) is 49.9 Å². The number of nitrogens with two attached hydrogens (primary N) is 1. The highest BCUT2D eigenvalue weighted by Crippen LogP contribution is 2.30. The molecule has 2 N–H and O–H groups in total. The van der Waals surface area contributed by atoms with E-state index in [4.69, 9.17) is 5.73 Å². The summed E-state index contributed by atoms with van der Waals surface area (Å²) in [6.45, 7) is 3.17. The fraction of sp³-hybridized carbons (Fsp3) is 0.562. The van der Waals surface area contributed by atoms with E-state index in [9.17, 15) is 9.18 Å². The molecule has 1 aromatic carbocycles. The van der Waals surface area contributed by atoms with Gasteiger partial charge < -0.3 is 10.6 Å². The number of amides is 1. The zero-order valence-corrected chi connectivity index (χ0v) is 12.0. The molecule has 0 aromatic heterocycles. The number of halogens is 1. The van der Waals surface area contributed by atoms with Crippen LogP contribution in [0, 0.1) is 11.7 Å². The van der Waals surface area contributed by atoms with Crippen LogP contribution in [0.5, 0.6) is 0 Å². The highest BCUT2D eigenvalue weighted by Gasteiger charge is 2.34. The monoisotopic (exact) mass is 278 g/mol. The first-order valence-corrected chi connectivity index (χ1v) is 7.37. The minimum atomic E-state index is -0.241. The molecule has 0 aliphatic heterocycles. The number of carbonyl (C=O) groups excluding carboxylic acids is 1. The standard InChI is InChI=1S/C16H23FN2O/c1-12(3-2-10-18)16(20)19(15-8-9-15)11-13-4-6-14(17)7-5-13/h4-7,12,15H,2-3,8-11,18H2,1H3. The first kappa shape index (κ1) is 15.0. The third-order valence-electron chi connectivity index (χ3n) is 3.80. The SMILES string of the molecule is CC(CCCN)C(=O)N(Cc1ccc(F)cc1)C1CC1. The number of rotatable bonds is 7. The smallest absolute Gasteiger partial charge is 0.225 e. The van der Waals surface area contributed by atoms with Gasteiger partial charge in [0.15, 0.2) is 0 Å². The molecular formula is C16H23FN2O. The van der Waals surface area contributed by atoms with Crippen LogP contribution >= 0.6 is 0 Å².